The fraction of sp³-hybridized carbons (Fsp3) is 0.231. The lowest BCUT2D eigenvalue weighted by molar-refractivity contribution is -0.115. The lowest BCUT2D eigenvalue weighted by Crippen LogP contribution is -2.14. The smallest absolute Gasteiger partial charge is 0.229 e. The molecule has 0 radical (unpaired) electrons. The number of hydrogen-bond acceptors (Lipinski definition) is 3. The van der Waals surface area contributed by atoms with E-state index in [4.69, 9.17) is 5.73 Å². The molecule has 0 saturated carbocycles. The Balaban J connectivity index is 1.94. The van der Waals surface area contributed by atoms with E-state index in [-0.39, 0.29) is 5.91 Å². The van der Waals surface area contributed by atoms with Crippen molar-refractivity contribution in [3.63, 3.8) is 0 Å². The van der Waals surface area contributed by atoms with Crippen LogP contribution < -0.4 is 11.1 Å². The van der Waals surface area contributed by atoms with Crippen LogP contribution in [0.1, 0.15) is 16.8 Å². The highest BCUT2D eigenvalue weighted by molar-refractivity contribution is 5.91. The molecule has 1 aromatic heterocycles. The van der Waals surface area contributed by atoms with Crippen molar-refractivity contribution >= 4 is 11.7 Å². The van der Waals surface area contributed by atoms with Crippen LogP contribution in [0.5, 0.6) is 0 Å². The van der Waals surface area contributed by atoms with E-state index in [2.05, 4.69) is 15.5 Å². The largest absolute Gasteiger partial charge is 0.326 e. The van der Waals surface area contributed by atoms with Crippen LogP contribution in [0.3, 0.4) is 0 Å². The maximum absolute atomic E-state index is 11.8. The number of carbonyl (C=O) groups is 1. The number of nitrogens with zero attached hydrogens (tertiary/aromatic N) is 1. The van der Waals surface area contributed by atoms with Gasteiger partial charge in [0.2, 0.25) is 5.91 Å². The third kappa shape index (κ3) is 3.18. The normalized spacial score (nSPS) is 10.3. The van der Waals surface area contributed by atoms with Gasteiger partial charge in [-0.25, -0.2) is 0 Å². The SMILES string of the molecule is Cc1cc(NC(=O)Cc2ccc(CN)cc2)n[nH]1. The number of benzene rings is 1. The average Bonchev–Trinajstić information content (AvgIpc) is 2.75. The zero-order valence-electron chi connectivity index (χ0n) is 10.2. The van der Waals surface area contributed by atoms with Crippen LogP contribution in [0.25, 0.3) is 0 Å². The number of carbonyl (C=O) groups excluding carboxylic acids is 1. The minimum Gasteiger partial charge on any atom is -0.326 e. The van der Waals surface area contributed by atoms with Crippen molar-refractivity contribution in [2.75, 3.05) is 5.32 Å². The van der Waals surface area contributed by atoms with Gasteiger partial charge in [-0.15, -0.1) is 0 Å². The number of nitrogens with two attached hydrogens (primary N) is 1. The van der Waals surface area contributed by atoms with Crippen LogP contribution in [0.2, 0.25) is 0 Å². The molecule has 0 aliphatic rings. The fourth-order valence-electron chi connectivity index (χ4n) is 1.65. The van der Waals surface area contributed by atoms with E-state index < -0.39 is 0 Å². The molecule has 5 nitrogen and oxygen atoms in total. The number of hydrogen-bond donors (Lipinski definition) is 3. The van der Waals surface area contributed by atoms with Gasteiger partial charge >= 0.3 is 0 Å². The molecule has 1 heterocycles. The predicted octanol–water partition coefficient (Wildman–Crippen LogP) is 1.36. The summed E-state index contributed by atoms with van der Waals surface area (Å²) in [6.07, 6.45) is 0.330. The Morgan fingerprint density at radius 2 is 2.00 bits per heavy atom. The second-order valence-electron chi connectivity index (χ2n) is 4.18. The van der Waals surface area contributed by atoms with Crippen molar-refractivity contribution < 1.29 is 4.79 Å². The van der Waals surface area contributed by atoms with E-state index in [0.29, 0.717) is 18.8 Å². The highest BCUT2D eigenvalue weighted by Crippen LogP contribution is 2.07. The standard InChI is InChI=1S/C13H16N4O/c1-9-6-12(17-16-9)15-13(18)7-10-2-4-11(8-14)5-3-10/h2-6H,7-8,14H2,1H3,(H2,15,16,17,18). The molecule has 2 aromatic rings. The first-order chi connectivity index (χ1) is 8.67. The number of aromatic nitrogens is 2. The van der Waals surface area contributed by atoms with Gasteiger partial charge < -0.3 is 11.1 Å². The Kier molecular flexibility index (Phi) is 3.74. The Morgan fingerprint density at radius 3 is 2.56 bits per heavy atom. The highest BCUT2D eigenvalue weighted by atomic mass is 16.1. The van der Waals surface area contributed by atoms with Gasteiger partial charge in [-0.3, -0.25) is 9.89 Å². The van der Waals surface area contributed by atoms with E-state index in [0.717, 1.165) is 16.8 Å². The van der Waals surface area contributed by atoms with Crippen LogP contribution >= 0.6 is 0 Å². The van der Waals surface area contributed by atoms with Gasteiger partial charge in [0.1, 0.15) is 0 Å². The number of anilines is 1. The summed E-state index contributed by atoms with van der Waals surface area (Å²) in [7, 11) is 0. The minimum atomic E-state index is -0.0815. The third-order valence-corrected chi connectivity index (χ3v) is 2.60. The molecule has 94 valence electrons. The molecule has 4 N–H and O–H groups in total. The molecule has 0 atom stereocenters. The lowest BCUT2D eigenvalue weighted by Gasteiger charge is -2.03. The third-order valence-electron chi connectivity index (χ3n) is 2.60. The maximum atomic E-state index is 11.8. The summed E-state index contributed by atoms with van der Waals surface area (Å²) in [4.78, 5) is 11.8. The molecule has 0 bridgehead atoms. The van der Waals surface area contributed by atoms with Crippen molar-refractivity contribution in [2.24, 2.45) is 5.73 Å². The quantitative estimate of drug-likeness (QED) is 0.759. The molecular weight excluding hydrogens is 228 g/mol. The van der Waals surface area contributed by atoms with Crippen LogP contribution in [-0.2, 0) is 17.8 Å². The van der Waals surface area contributed by atoms with E-state index >= 15 is 0 Å². The number of amides is 1. The van der Waals surface area contributed by atoms with Crippen molar-refractivity contribution in [1.82, 2.24) is 10.2 Å². The molecule has 0 aliphatic carbocycles. The summed E-state index contributed by atoms with van der Waals surface area (Å²) in [6.45, 7) is 2.40. The first-order valence-electron chi connectivity index (χ1n) is 5.77. The topological polar surface area (TPSA) is 83.8 Å². The molecule has 5 heteroatoms. The molecule has 0 spiro atoms. The molecule has 18 heavy (non-hydrogen) atoms. The summed E-state index contributed by atoms with van der Waals surface area (Å²) in [6, 6.07) is 9.48. The van der Waals surface area contributed by atoms with Crippen LogP contribution in [0.15, 0.2) is 30.3 Å². The van der Waals surface area contributed by atoms with E-state index in [1.165, 1.54) is 0 Å². The number of nitrogens with one attached hydrogen (secondary N) is 2. The van der Waals surface area contributed by atoms with Gasteiger partial charge in [0.05, 0.1) is 6.42 Å². The summed E-state index contributed by atoms with van der Waals surface area (Å²) >= 11 is 0. The van der Waals surface area contributed by atoms with Crippen molar-refractivity contribution in [1.29, 1.82) is 0 Å². The van der Waals surface area contributed by atoms with E-state index in [1.54, 1.807) is 6.07 Å². The molecular formula is C13H16N4O. The number of rotatable bonds is 4. The zero-order valence-corrected chi connectivity index (χ0v) is 10.2. The van der Waals surface area contributed by atoms with Crippen molar-refractivity contribution in [2.45, 2.75) is 19.9 Å². The Morgan fingerprint density at radius 1 is 1.33 bits per heavy atom. The van der Waals surface area contributed by atoms with E-state index in [1.807, 2.05) is 31.2 Å². The van der Waals surface area contributed by atoms with Gasteiger partial charge in [-0.05, 0) is 18.1 Å². The first kappa shape index (κ1) is 12.3. The molecule has 2 rings (SSSR count). The Bertz CT molecular complexity index is 530. The summed E-state index contributed by atoms with van der Waals surface area (Å²) in [5.74, 6) is 0.470. The van der Waals surface area contributed by atoms with Gasteiger partial charge in [0.15, 0.2) is 5.82 Å². The maximum Gasteiger partial charge on any atom is 0.229 e. The molecule has 1 amide bonds. The van der Waals surface area contributed by atoms with Gasteiger partial charge in [-0.2, -0.15) is 5.10 Å². The minimum absolute atomic E-state index is 0.0815. The molecule has 0 saturated heterocycles. The fourth-order valence-corrected chi connectivity index (χ4v) is 1.65. The lowest BCUT2D eigenvalue weighted by atomic mass is 10.1. The van der Waals surface area contributed by atoms with Gasteiger partial charge in [0.25, 0.3) is 0 Å². The molecule has 0 aliphatic heterocycles. The average molecular weight is 244 g/mol. The zero-order chi connectivity index (χ0) is 13.0. The van der Waals surface area contributed by atoms with Crippen molar-refractivity contribution in [3.05, 3.63) is 47.2 Å². The molecule has 0 unspecified atom stereocenters. The monoisotopic (exact) mass is 244 g/mol. The van der Waals surface area contributed by atoms with E-state index in [9.17, 15) is 4.79 Å². The second kappa shape index (κ2) is 5.46. The number of H-pyrrole nitrogens is 1. The Labute approximate surface area is 105 Å². The van der Waals surface area contributed by atoms with Crippen LogP contribution in [0, 0.1) is 6.92 Å². The highest BCUT2D eigenvalue weighted by Gasteiger charge is 2.06. The van der Waals surface area contributed by atoms with Crippen LogP contribution in [-0.4, -0.2) is 16.1 Å². The molecule has 0 fully saturated rings. The Hall–Kier alpha value is -2.14. The van der Waals surface area contributed by atoms with Crippen molar-refractivity contribution in [3.8, 4) is 0 Å². The number of aromatic amines is 1. The predicted molar refractivity (Wildman–Crippen MR) is 70.0 cm³/mol. The number of aryl methyl sites for hydroxylation is 1. The van der Waals surface area contributed by atoms with Gasteiger partial charge in [0, 0.05) is 18.3 Å². The first-order valence-corrected chi connectivity index (χ1v) is 5.77. The van der Waals surface area contributed by atoms with Crippen LogP contribution in [0.4, 0.5) is 5.82 Å². The summed E-state index contributed by atoms with van der Waals surface area (Å²) < 4.78 is 0. The van der Waals surface area contributed by atoms with Gasteiger partial charge in [-0.1, -0.05) is 24.3 Å². The summed E-state index contributed by atoms with van der Waals surface area (Å²) in [5, 5.41) is 9.46. The molecule has 1 aromatic carbocycles. The second-order valence-corrected chi connectivity index (χ2v) is 4.18. The summed E-state index contributed by atoms with van der Waals surface area (Å²) in [5.41, 5.74) is 8.44.